The molecule has 2 fully saturated rings. The van der Waals surface area contributed by atoms with Crippen molar-refractivity contribution in [3.8, 4) is 0 Å². The second kappa shape index (κ2) is 6.60. The van der Waals surface area contributed by atoms with Gasteiger partial charge in [-0.05, 0) is 44.1 Å². The third kappa shape index (κ3) is 3.59. The molecule has 2 aliphatic carbocycles. The van der Waals surface area contributed by atoms with Crippen molar-refractivity contribution in [2.24, 2.45) is 23.7 Å². The van der Waals surface area contributed by atoms with Crippen molar-refractivity contribution in [3.05, 3.63) is 0 Å². The number of carbonyl (C=O) groups excluding carboxylic acids is 1. The number of rotatable bonds is 5. The number of amides is 1. The van der Waals surface area contributed by atoms with Crippen LogP contribution < -0.4 is 10.6 Å². The van der Waals surface area contributed by atoms with E-state index in [-0.39, 0.29) is 24.2 Å². The van der Waals surface area contributed by atoms with E-state index in [2.05, 4.69) is 10.6 Å². The maximum atomic E-state index is 11.7. The zero-order chi connectivity index (χ0) is 11.5. The van der Waals surface area contributed by atoms with Gasteiger partial charge in [-0.2, -0.15) is 0 Å². The molecule has 0 aromatic rings. The molecule has 17 heavy (non-hydrogen) atoms. The molecule has 2 saturated carbocycles. The van der Waals surface area contributed by atoms with Crippen LogP contribution in [0.4, 0.5) is 0 Å². The summed E-state index contributed by atoms with van der Waals surface area (Å²) in [6.45, 7) is 3.66. The highest BCUT2D eigenvalue weighted by Crippen LogP contribution is 2.47. The van der Waals surface area contributed by atoms with Crippen molar-refractivity contribution in [2.45, 2.75) is 32.6 Å². The van der Waals surface area contributed by atoms with Crippen LogP contribution in [0.15, 0.2) is 0 Å². The van der Waals surface area contributed by atoms with Crippen LogP contribution in [0.3, 0.4) is 0 Å². The molecule has 2 bridgehead atoms. The molecular formula is C13H25ClN2O. The summed E-state index contributed by atoms with van der Waals surface area (Å²) in [4.78, 5) is 11.7. The first-order valence-electron chi connectivity index (χ1n) is 6.63. The fourth-order valence-electron chi connectivity index (χ4n) is 3.43. The number of hydrogen-bond acceptors (Lipinski definition) is 2. The van der Waals surface area contributed by atoms with Crippen LogP contribution in [0, 0.1) is 23.7 Å². The number of nitrogens with one attached hydrogen (secondary N) is 2. The summed E-state index contributed by atoms with van der Waals surface area (Å²) >= 11 is 0. The van der Waals surface area contributed by atoms with Gasteiger partial charge < -0.3 is 10.6 Å². The smallest absolute Gasteiger partial charge is 0.224 e. The molecule has 2 rings (SSSR count). The second-order valence-corrected chi connectivity index (χ2v) is 5.64. The molecule has 1 amide bonds. The molecular weight excluding hydrogens is 236 g/mol. The lowest BCUT2D eigenvalue weighted by molar-refractivity contribution is -0.124. The Morgan fingerprint density at radius 1 is 1.35 bits per heavy atom. The highest BCUT2D eigenvalue weighted by atomic mass is 35.5. The first-order chi connectivity index (χ1) is 7.70. The van der Waals surface area contributed by atoms with E-state index in [1.54, 1.807) is 0 Å². The van der Waals surface area contributed by atoms with E-state index in [0.717, 1.165) is 30.8 Å². The van der Waals surface area contributed by atoms with Gasteiger partial charge in [-0.25, -0.2) is 0 Å². The normalized spacial score (nSPS) is 32.0. The van der Waals surface area contributed by atoms with Gasteiger partial charge in [-0.3, -0.25) is 4.79 Å². The Morgan fingerprint density at radius 2 is 2.12 bits per heavy atom. The highest BCUT2D eigenvalue weighted by molar-refractivity contribution is 5.85. The Labute approximate surface area is 111 Å². The van der Waals surface area contributed by atoms with Gasteiger partial charge in [0.05, 0.1) is 0 Å². The van der Waals surface area contributed by atoms with Crippen molar-refractivity contribution in [1.82, 2.24) is 10.6 Å². The minimum Gasteiger partial charge on any atom is -0.356 e. The molecule has 2 aliphatic rings. The van der Waals surface area contributed by atoms with E-state index in [9.17, 15) is 4.79 Å². The van der Waals surface area contributed by atoms with Crippen LogP contribution >= 0.6 is 12.4 Å². The molecule has 4 heteroatoms. The zero-order valence-electron chi connectivity index (χ0n) is 10.9. The maximum absolute atomic E-state index is 11.7. The Morgan fingerprint density at radius 3 is 2.65 bits per heavy atom. The molecule has 0 aromatic carbocycles. The number of halogens is 1. The molecule has 0 spiro atoms. The molecule has 4 unspecified atom stereocenters. The van der Waals surface area contributed by atoms with Crippen LogP contribution in [0.5, 0.6) is 0 Å². The van der Waals surface area contributed by atoms with Gasteiger partial charge in [0.2, 0.25) is 5.91 Å². The minimum atomic E-state index is 0. The lowest BCUT2D eigenvalue weighted by atomic mass is 9.89. The average Bonchev–Trinajstić information content (AvgIpc) is 2.87. The van der Waals surface area contributed by atoms with Crippen molar-refractivity contribution < 1.29 is 4.79 Å². The lowest BCUT2D eigenvalue weighted by Gasteiger charge is -2.22. The van der Waals surface area contributed by atoms with Crippen molar-refractivity contribution in [3.63, 3.8) is 0 Å². The average molecular weight is 261 g/mol. The number of hydrogen-bond donors (Lipinski definition) is 2. The molecule has 0 radical (unpaired) electrons. The second-order valence-electron chi connectivity index (χ2n) is 5.64. The summed E-state index contributed by atoms with van der Waals surface area (Å²) < 4.78 is 0. The molecule has 0 heterocycles. The van der Waals surface area contributed by atoms with Crippen LogP contribution in [-0.2, 0) is 4.79 Å². The summed E-state index contributed by atoms with van der Waals surface area (Å²) in [5, 5.41) is 6.16. The van der Waals surface area contributed by atoms with E-state index >= 15 is 0 Å². The molecule has 0 saturated heterocycles. The first-order valence-corrected chi connectivity index (χ1v) is 6.63. The lowest BCUT2D eigenvalue weighted by Crippen LogP contribution is -2.38. The summed E-state index contributed by atoms with van der Waals surface area (Å²) in [6, 6.07) is 0. The summed E-state index contributed by atoms with van der Waals surface area (Å²) in [5.74, 6) is 2.94. The SMILES string of the molecule is CNCC(C)C(=O)NCC1CC2CCC1C2.Cl. The van der Waals surface area contributed by atoms with Crippen LogP contribution in [-0.4, -0.2) is 26.0 Å². The highest BCUT2D eigenvalue weighted by Gasteiger charge is 2.39. The zero-order valence-corrected chi connectivity index (χ0v) is 11.7. The Hall–Kier alpha value is -0.280. The largest absolute Gasteiger partial charge is 0.356 e. The molecule has 4 atom stereocenters. The molecule has 0 aromatic heterocycles. The number of fused-ring (bicyclic) bond motifs is 2. The molecule has 0 aliphatic heterocycles. The minimum absolute atomic E-state index is 0. The molecule has 3 nitrogen and oxygen atoms in total. The molecule has 100 valence electrons. The van der Waals surface area contributed by atoms with Crippen molar-refractivity contribution in [1.29, 1.82) is 0 Å². The van der Waals surface area contributed by atoms with Gasteiger partial charge >= 0.3 is 0 Å². The van der Waals surface area contributed by atoms with Gasteiger partial charge in [0, 0.05) is 19.0 Å². The quantitative estimate of drug-likeness (QED) is 0.792. The Bertz CT molecular complexity index is 260. The molecule has 2 N–H and O–H groups in total. The summed E-state index contributed by atoms with van der Waals surface area (Å²) in [5.41, 5.74) is 0. The Balaban J connectivity index is 0.00000144. The fraction of sp³-hybridized carbons (Fsp3) is 0.923. The van der Waals surface area contributed by atoms with E-state index in [4.69, 9.17) is 0 Å². The maximum Gasteiger partial charge on any atom is 0.224 e. The summed E-state index contributed by atoms with van der Waals surface area (Å²) in [7, 11) is 1.89. The standard InChI is InChI=1S/C13H24N2O.ClH/c1-9(7-14-2)13(16)15-8-12-6-10-3-4-11(12)5-10;/h9-12,14H,3-8H2,1-2H3,(H,15,16);1H. The topological polar surface area (TPSA) is 41.1 Å². The van der Waals surface area contributed by atoms with Crippen LogP contribution in [0.25, 0.3) is 0 Å². The van der Waals surface area contributed by atoms with E-state index in [1.807, 2.05) is 14.0 Å². The van der Waals surface area contributed by atoms with Crippen molar-refractivity contribution in [2.75, 3.05) is 20.1 Å². The summed E-state index contributed by atoms with van der Waals surface area (Å²) in [6.07, 6.45) is 5.61. The number of carbonyl (C=O) groups is 1. The monoisotopic (exact) mass is 260 g/mol. The predicted molar refractivity (Wildman–Crippen MR) is 72.3 cm³/mol. The van der Waals surface area contributed by atoms with E-state index in [1.165, 1.54) is 25.7 Å². The van der Waals surface area contributed by atoms with Crippen LogP contribution in [0.2, 0.25) is 0 Å². The third-order valence-electron chi connectivity index (χ3n) is 4.38. The van der Waals surface area contributed by atoms with E-state index in [0.29, 0.717) is 0 Å². The Kier molecular flexibility index (Phi) is 5.74. The van der Waals surface area contributed by atoms with Gasteiger partial charge in [0.15, 0.2) is 0 Å². The fourth-order valence-corrected chi connectivity index (χ4v) is 3.43. The van der Waals surface area contributed by atoms with Gasteiger partial charge in [-0.1, -0.05) is 13.3 Å². The van der Waals surface area contributed by atoms with Crippen LogP contribution in [0.1, 0.15) is 32.6 Å². The van der Waals surface area contributed by atoms with Crippen molar-refractivity contribution >= 4 is 18.3 Å². The van der Waals surface area contributed by atoms with Gasteiger partial charge in [-0.15, -0.1) is 12.4 Å². The third-order valence-corrected chi connectivity index (χ3v) is 4.38. The van der Waals surface area contributed by atoms with Gasteiger partial charge in [0.25, 0.3) is 0 Å². The first kappa shape index (κ1) is 14.8. The predicted octanol–water partition coefficient (Wildman–Crippen LogP) is 1.82. The van der Waals surface area contributed by atoms with E-state index < -0.39 is 0 Å². The van der Waals surface area contributed by atoms with Gasteiger partial charge in [0.1, 0.15) is 0 Å².